The summed E-state index contributed by atoms with van der Waals surface area (Å²) >= 11 is 0. The predicted molar refractivity (Wildman–Crippen MR) is 111 cm³/mol. The Balaban J connectivity index is 0.00000205. The molecule has 0 unspecified atom stereocenters. The Morgan fingerprint density at radius 1 is 1.24 bits per heavy atom. The molecule has 3 aromatic rings. The predicted octanol–water partition coefficient (Wildman–Crippen LogP) is 3.40. The number of H-pyrrole nitrogens is 1. The van der Waals surface area contributed by atoms with Gasteiger partial charge in [-0.1, -0.05) is 24.3 Å². The van der Waals surface area contributed by atoms with Crippen molar-refractivity contribution in [2.24, 2.45) is 0 Å². The van der Waals surface area contributed by atoms with E-state index < -0.39 is 11.9 Å². The Kier molecular flexibility index (Phi) is 5.04. The van der Waals surface area contributed by atoms with Crippen molar-refractivity contribution >= 4 is 35.0 Å². The van der Waals surface area contributed by atoms with E-state index in [9.17, 15) is 4.79 Å². The lowest BCUT2D eigenvalue weighted by Gasteiger charge is -2.47. The number of aromatic nitrogens is 2. The molecule has 4 heterocycles. The number of pyridine rings is 1. The van der Waals surface area contributed by atoms with Gasteiger partial charge in [-0.2, -0.15) is 0 Å². The van der Waals surface area contributed by atoms with Crippen LogP contribution in [0.25, 0.3) is 10.9 Å². The number of para-hydroxylation sites is 1. The van der Waals surface area contributed by atoms with E-state index in [0.29, 0.717) is 12.2 Å². The minimum Gasteiger partial charge on any atom is -0.356 e. The molecule has 1 saturated heterocycles. The van der Waals surface area contributed by atoms with E-state index in [1.807, 2.05) is 48.5 Å². The van der Waals surface area contributed by atoms with Gasteiger partial charge in [0.1, 0.15) is 11.4 Å². The van der Waals surface area contributed by atoms with Crippen LogP contribution >= 0.6 is 12.4 Å². The fourth-order valence-electron chi connectivity index (χ4n) is 3.93. The van der Waals surface area contributed by atoms with Crippen molar-refractivity contribution in [1.82, 2.24) is 15.4 Å². The highest BCUT2D eigenvalue weighted by molar-refractivity contribution is 5.97. The molecule has 2 N–H and O–H groups in total. The molecule has 2 aromatic heterocycles. The molecule has 150 valence electrons. The third-order valence-corrected chi connectivity index (χ3v) is 5.33. The number of ether oxygens (including phenoxy) is 2. The SMILES string of the molecule is CO[C@@H]1CC=C2NN(c3cc4ccccc4[nH]3)C(=O)C[C@]2(c2ccncc2)O1.Cl. The molecule has 2 atom stereocenters. The van der Waals surface area contributed by atoms with Gasteiger partial charge in [-0.3, -0.25) is 15.2 Å². The Hall–Kier alpha value is -2.87. The largest absolute Gasteiger partial charge is 0.356 e. The molecular formula is C21H21ClN4O3. The molecule has 1 aromatic carbocycles. The third-order valence-electron chi connectivity index (χ3n) is 5.33. The lowest BCUT2D eigenvalue weighted by atomic mass is 9.83. The van der Waals surface area contributed by atoms with Gasteiger partial charge in [0.15, 0.2) is 6.29 Å². The van der Waals surface area contributed by atoms with Crippen LogP contribution in [-0.4, -0.2) is 29.3 Å². The quantitative estimate of drug-likeness (QED) is 0.689. The summed E-state index contributed by atoms with van der Waals surface area (Å²) in [5.74, 6) is 0.599. The van der Waals surface area contributed by atoms with E-state index in [4.69, 9.17) is 9.47 Å². The van der Waals surface area contributed by atoms with Gasteiger partial charge in [0.25, 0.3) is 5.91 Å². The van der Waals surface area contributed by atoms with Crippen molar-refractivity contribution in [3.63, 3.8) is 0 Å². The number of carbonyl (C=O) groups excluding carboxylic acids is 1. The van der Waals surface area contributed by atoms with Crippen LogP contribution in [0.15, 0.2) is 66.6 Å². The lowest BCUT2D eigenvalue weighted by Crippen LogP contribution is -2.58. The van der Waals surface area contributed by atoms with Crippen LogP contribution < -0.4 is 10.4 Å². The lowest BCUT2D eigenvalue weighted by molar-refractivity contribution is -0.204. The van der Waals surface area contributed by atoms with E-state index >= 15 is 0 Å². The molecule has 8 heteroatoms. The van der Waals surface area contributed by atoms with E-state index in [1.54, 1.807) is 24.5 Å². The summed E-state index contributed by atoms with van der Waals surface area (Å²) in [6, 6.07) is 13.6. The maximum atomic E-state index is 13.2. The van der Waals surface area contributed by atoms with Crippen LogP contribution in [0.4, 0.5) is 5.82 Å². The zero-order chi connectivity index (χ0) is 19.1. The fraction of sp³-hybridized carbons (Fsp3) is 0.238. The van der Waals surface area contributed by atoms with Crippen molar-refractivity contribution in [3.05, 3.63) is 72.2 Å². The second-order valence-corrected chi connectivity index (χ2v) is 6.96. The number of methoxy groups -OCH3 is 1. The maximum Gasteiger partial charge on any atom is 0.250 e. The van der Waals surface area contributed by atoms with Gasteiger partial charge in [-0.25, -0.2) is 5.01 Å². The normalized spacial score (nSPS) is 23.8. The second kappa shape index (κ2) is 7.51. The van der Waals surface area contributed by atoms with Crippen molar-refractivity contribution in [2.75, 3.05) is 12.1 Å². The number of hydrogen-bond donors (Lipinski definition) is 2. The number of halogens is 1. The van der Waals surface area contributed by atoms with Gasteiger partial charge in [-0.05, 0) is 29.8 Å². The zero-order valence-electron chi connectivity index (χ0n) is 15.8. The summed E-state index contributed by atoms with van der Waals surface area (Å²) in [6.45, 7) is 0. The minimum absolute atomic E-state index is 0. The molecule has 0 aliphatic carbocycles. The maximum absolute atomic E-state index is 13.2. The summed E-state index contributed by atoms with van der Waals surface area (Å²) in [7, 11) is 1.61. The average molecular weight is 413 g/mol. The molecule has 29 heavy (non-hydrogen) atoms. The molecule has 0 saturated carbocycles. The fourth-order valence-corrected chi connectivity index (χ4v) is 3.93. The average Bonchev–Trinajstić information content (AvgIpc) is 3.17. The van der Waals surface area contributed by atoms with E-state index in [0.717, 1.165) is 22.2 Å². The molecule has 0 spiro atoms. The highest BCUT2D eigenvalue weighted by Gasteiger charge is 2.49. The first kappa shape index (κ1) is 19.4. The molecule has 1 amide bonds. The molecule has 7 nitrogen and oxygen atoms in total. The van der Waals surface area contributed by atoms with Gasteiger partial charge in [0.2, 0.25) is 0 Å². The first-order valence-electron chi connectivity index (χ1n) is 9.19. The van der Waals surface area contributed by atoms with Crippen LogP contribution in [0.1, 0.15) is 18.4 Å². The van der Waals surface area contributed by atoms with Crippen LogP contribution in [-0.2, 0) is 19.9 Å². The molecule has 0 bridgehead atoms. The van der Waals surface area contributed by atoms with Crippen LogP contribution in [0.3, 0.4) is 0 Å². The number of nitrogens with zero attached hydrogens (tertiary/aromatic N) is 2. The molecular weight excluding hydrogens is 392 g/mol. The van der Waals surface area contributed by atoms with Crippen molar-refractivity contribution < 1.29 is 14.3 Å². The number of rotatable bonds is 3. The summed E-state index contributed by atoms with van der Waals surface area (Å²) < 4.78 is 11.7. The smallest absolute Gasteiger partial charge is 0.250 e. The minimum atomic E-state index is -0.915. The standard InChI is InChI=1S/C21H20N4O3.ClH/c1-27-20-7-6-17-21(28-20,15-8-10-22-11-9-15)13-19(26)25(24-17)18-12-14-4-2-3-5-16(14)23-18;/h2-6,8-12,20,23-24H,7,13H2,1H3;1H/t20-,21+;/m0./s1. The third kappa shape index (κ3) is 3.17. The van der Waals surface area contributed by atoms with Crippen LogP contribution in [0.5, 0.6) is 0 Å². The summed E-state index contributed by atoms with van der Waals surface area (Å²) in [5.41, 5.74) is 5.03. The summed E-state index contributed by atoms with van der Waals surface area (Å²) in [4.78, 5) is 20.6. The molecule has 1 fully saturated rings. The number of hydrogen-bond acceptors (Lipinski definition) is 5. The molecule has 0 radical (unpaired) electrons. The van der Waals surface area contributed by atoms with Crippen LogP contribution in [0, 0.1) is 0 Å². The van der Waals surface area contributed by atoms with E-state index in [-0.39, 0.29) is 24.7 Å². The molecule has 5 rings (SSSR count). The number of amides is 1. The number of benzene rings is 1. The van der Waals surface area contributed by atoms with Crippen molar-refractivity contribution in [3.8, 4) is 0 Å². The number of nitrogens with one attached hydrogen (secondary N) is 2. The summed E-state index contributed by atoms with van der Waals surface area (Å²) in [6.07, 6.45) is 5.80. The Morgan fingerprint density at radius 2 is 2.03 bits per heavy atom. The Bertz CT molecular complexity index is 1030. The van der Waals surface area contributed by atoms with E-state index in [1.165, 1.54) is 0 Å². The molecule has 2 aliphatic heterocycles. The number of carbonyl (C=O) groups is 1. The van der Waals surface area contributed by atoms with Gasteiger partial charge in [0, 0.05) is 36.8 Å². The van der Waals surface area contributed by atoms with Gasteiger partial charge >= 0.3 is 0 Å². The van der Waals surface area contributed by atoms with Gasteiger partial charge < -0.3 is 14.5 Å². The summed E-state index contributed by atoms with van der Waals surface area (Å²) in [5, 5.41) is 2.60. The topological polar surface area (TPSA) is 79.5 Å². The Morgan fingerprint density at radius 3 is 2.79 bits per heavy atom. The van der Waals surface area contributed by atoms with Gasteiger partial charge in [0.05, 0.1) is 12.1 Å². The number of hydrazine groups is 1. The van der Waals surface area contributed by atoms with Gasteiger partial charge in [-0.15, -0.1) is 12.4 Å². The van der Waals surface area contributed by atoms with Crippen molar-refractivity contribution in [1.29, 1.82) is 0 Å². The highest BCUT2D eigenvalue weighted by Crippen LogP contribution is 2.44. The first-order valence-corrected chi connectivity index (χ1v) is 9.19. The zero-order valence-corrected chi connectivity index (χ0v) is 16.6. The highest BCUT2D eigenvalue weighted by atomic mass is 35.5. The van der Waals surface area contributed by atoms with Crippen LogP contribution in [0.2, 0.25) is 0 Å². The monoisotopic (exact) mass is 412 g/mol. The van der Waals surface area contributed by atoms with E-state index in [2.05, 4.69) is 15.4 Å². The Labute approximate surface area is 174 Å². The molecule has 2 aliphatic rings. The number of aromatic amines is 1. The van der Waals surface area contributed by atoms with Crippen molar-refractivity contribution in [2.45, 2.75) is 24.7 Å². The number of anilines is 1. The first-order chi connectivity index (χ1) is 13.7. The second-order valence-electron chi connectivity index (χ2n) is 6.96. The number of fused-ring (bicyclic) bond motifs is 2.